The second-order valence-corrected chi connectivity index (χ2v) is 12.2. The van der Waals surface area contributed by atoms with Crippen LogP contribution in [-0.2, 0) is 18.1 Å². The molecule has 0 unspecified atom stereocenters. The first kappa shape index (κ1) is 24.7. The zero-order valence-electron chi connectivity index (χ0n) is 22.1. The van der Waals surface area contributed by atoms with E-state index in [4.69, 9.17) is 0 Å². The number of halogens is 3. The first-order valence-electron chi connectivity index (χ1n) is 13.6. The maximum atomic E-state index is 14.2. The molecule has 1 spiro atoms. The normalized spacial score (nSPS) is 26.5. The van der Waals surface area contributed by atoms with Crippen LogP contribution in [0.25, 0.3) is 11.2 Å². The average Bonchev–Trinajstić information content (AvgIpc) is 3.15. The number of aromatic nitrogens is 2. The van der Waals surface area contributed by atoms with Crippen molar-refractivity contribution >= 4 is 11.9 Å². The smallest absolute Gasteiger partial charge is 0.298 e. The molecule has 0 atom stereocenters. The molecule has 203 valence electrons. The second kappa shape index (κ2) is 8.36. The van der Waals surface area contributed by atoms with Crippen LogP contribution in [0.1, 0.15) is 55.7 Å². The quantitative estimate of drug-likeness (QED) is 0.411. The predicted molar refractivity (Wildman–Crippen MR) is 140 cm³/mol. The Morgan fingerprint density at radius 2 is 1.92 bits per heavy atom. The molecule has 3 fully saturated rings. The number of benzene rings is 1. The average molecular weight is 537 g/mol. The summed E-state index contributed by atoms with van der Waals surface area (Å²) in [5, 5.41) is 8.47. The molecule has 4 aliphatic rings. The van der Waals surface area contributed by atoms with Crippen LogP contribution in [-0.4, -0.2) is 44.9 Å². The molecule has 10 heteroatoms. The van der Waals surface area contributed by atoms with Crippen LogP contribution in [0.3, 0.4) is 0 Å². The van der Waals surface area contributed by atoms with Crippen molar-refractivity contribution in [3.63, 3.8) is 0 Å². The van der Waals surface area contributed by atoms with Gasteiger partial charge in [0.2, 0.25) is 0 Å². The van der Waals surface area contributed by atoms with Gasteiger partial charge in [-0.1, -0.05) is 19.1 Å². The van der Waals surface area contributed by atoms with Crippen LogP contribution in [0.2, 0.25) is 0 Å². The van der Waals surface area contributed by atoms with Gasteiger partial charge in [-0.3, -0.25) is 13.9 Å². The van der Waals surface area contributed by atoms with Gasteiger partial charge >= 0.3 is 24.4 Å². The molecule has 7 rings (SSSR count). The van der Waals surface area contributed by atoms with Gasteiger partial charge < -0.3 is 0 Å². The summed E-state index contributed by atoms with van der Waals surface area (Å²) in [4.78, 5) is 15.8. The first-order chi connectivity index (χ1) is 18.6. The number of hydrogen-bond acceptors (Lipinski definition) is 4. The number of azo groups is 1. The molecule has 0 amide bonds. The van der Waals surface area contributed by atoms with Gasteiger partial charge in [0, 0.05) is 25.5 Å². The Labute approximate surface area is 224 Å². The van der Waals surface area contributed by atoms with E-state index in [1.165, 1.54) is 29.7 Å². The van der Waals surface area contributed by atoms with E-state index in [1.807, 2.05) is 29.8 Å². The number of hydrogen-bond donors (Lipinski definition) is 0. The minimum absolute atomic E-state index is 0.137. The number of likely N-dealkylation sites (tertiary alicyclic amines) is 1. The number of imidazole rings is 1. The Morgan fingerprint density at radius 3 is 2.56 bits per heavy atom. The number of nitrogens with zero attached hydrogens (tertiary/aromatic N) is 6. The van der Waals surface area contributed by atoms with Crippen molar-refractivity contribution in [1.82, 2.24) is 13.9 Å². The Kier molecular flexibility index (Phi) is 5.31. The Morgan fingerprint density at radius 1 is 1.13 bits per heavy atom. The van der Waals surface area contributed by atoms with Gasteiger partial charge in [0.25, 0.3) is 0 Å². The van der Waals surface area contributed by atoms with Crippen molar-refractivity contribution in [2.24, 2.45) is 21.6 Å². The number of pyridine rings is 1. The van der Waals surface area contributed by atoms with E-state index >= 15 is 0 Å². The molecule has 1 saturated heterocycles. The Balaban J connectivity index is 1.29. The van der Waals surface area contributed by atoms with E-state index in [0.717, 1.165) is 48.5 Å². The lowest BCUT2D eigenvalue weighted by Gasteiger charge is -2.46. The fourth-order valence-corrected chi connectivity index (χ4v) is 7.10. The van der Waals surface area contributed by atoms with Crippen molar-refractivity contribution in [1.29, 1.82) is 0 Å². The molecular weight excluding hydrogens is 505 g/mol. The highest BCUT2D eigenvalue weighted by molar-refractivity contribution is 5.58. The van der Waals surface area contributed by atoms with E-state index in [1.54, 1.807) is 18.6 Å². The van der Waals surface area contributed by atoms with Crippen molar-refractivity contribution in [2.75, 3.05) is 20.1 Å². The summed E-state index contributed by atoms with van der Waals surface area (Å²) in [5.74, 6) is 0.503. The van der Waals surface area contributed by atoms with Crippen molar-refractivity contribution in [2.45, 2.75) is 57.2 Å². The van der Waals surface area contributed by atoms with Gasteiger partial charge in [0.05, 0.1) is 34.3 Å². The summed E-state index contributed by atoms with van der Waals surface area (Å²) in [5.41, 5.74) is 0.626. The molecule has 2 saturated carbocycles. The largest absolute Gasteiger partial charge is 0.418 e. The van der Waals surface area contributed by atoms with Crippen LogP contribution < -0.4 is 5.69 Å². The minimum Gasteiger partial charge on any atom is -0.298 e. The van der Waals surface area contributed by atoms with Gasteiger partial charge in [-0.05, 0) is 84.4 Å². The molecule has 1 aromatic carbocycles. The predicted octanol–water partition coefficient (Wildman–Crippen LogP) is 5.39. The summed E-state index contributed by atoms with van der Waals surface area (Å²) >= 11 is 0. The van der Waals surface area contributed by atoms with Gasteiger partial charge in [-0.15, -0.1) is 0 Å². The van der Waals surface area contributed by atoms with Crippen LogP contribution in [0.15, 0.2) is 57.7 Å². The summed E-state index contributed by atoms with van der Waals surface area (Å²) in [6.45, 7) is 4.40. The topological polar surface area (TPSA) is 57.4 Å². The third-order valence-corrected chi connectivity index (χ3v) is 9.22. The summed E-state index contributed by atoms with van der Waals surface area (Å²) in [6, 6.07) is 8.76. The lowest BCUT2D eigenvalue weighted by atomic mass is 9.57. The van der Waals surface area contributed by atoms with Crippen LogP contribution >= 0.6 is 0 Å². The zero-order chi connectivity index (χ0) is 27.2. The molecule has 0 bridgehead atoms. The SMILES string of the molecule is CC1CC([C]2N=NC=[N+]2C)(c2cccc(-n3cc4c(C(F)(F)F)cc(CN5CCC6(CC6)C5)cn4c3=O)c2)C1. The molecule has 0 N–H and O–H groups in total. The Bertz CT molecular complexity index is 1590. The van der Waals surface area contributed by atoms with E-state index < -0.39 is 17.4 Å². The van der Waals surface area contributed by atoms with Crippen LogP contribution in [0.5, 0.6) is 0 Å². The van der Waals surface area contributed by atoms with Crippen molar-refractivity contribution in [3.8, 4) is 5.69 Å². The lowest BCUT2D eigenvalue weighted by molar-refractivity contribution is -0.489. The number of likely N-dealkylation sites (N-methyl/N-ethyl adjacent to an activating group) is 1. The summed E-state index contributed by atoms with van der Waals surface area (Å²) in [7, 11) is 1.91. The van der Waals surface area contributed by atoms with Gasteiger partial charge in [-0.2, -0.15) is 13.2 Å². The number of alkyl halides is 3. The fraction of sp³-hybridized carbons (Fsp3) is 0.483. The fourth-order valence-electron chi connectivity index (χ4n) is 7.10. The van der Waals surface area contributed by atoms with Crippen LogP contribution in [0.4, 0.5) is 13.2 Å². The summed E-state index contributed by atoms with van der Waals surface area (Å²) < 4.78 is 47.1. The van der Waals surface area contributed by atoms with Gasteiger partial charge in [0.1, 0.15) is 0 Å². The minimum atomic E-state index is -4.58. The third-order valence-electron chi connectivity index (χ3n) is 9.22. The first-order valence-corrected chi connectivity index (χ1v) is 13.6. The van der Waals surface area contributed by atoms with Gasteiger partial charge in [-0.25, -0.2) is 9.37 Å². The maximum Gasteiger partial charge on any atom is 0.418 e. The maximum absolute atomic E-state index is 14.2. The van der Waals surface area contributed by atoms with Gasteiger partial charge in [0.15, 0.2) is 0 Å². The lowest BCUT2D eigenvalue weighted by Crippen LogP contribution is -2.47. The van der Waals surface area contributed by atoms with E-state index in [-0.39, 0.29) is 10.9 Å². The standard InChI is InChI=1S/C29H31F3N6O/c1-19-12-28(13-19,25-34-33-18-35(25)2)21-4-3-5-22(11-21)37-16-24-23(29(30,31)32)10-20(15-38(24)26(37)39)14-36-9-8-27(17-36)6-7-27/h3-5,10-11,15-16,18-19H,6-9,12-14,17H2,1-2H3/q+1. The molecule has 3 aromatic rings. The zero-order valence-corrected chi connectivity index (χ0v) is 22.1. The molecule has 2 aliphatic heterocycles. The summed E-state index contributed by atoms with van der Waals surface area (Å²) in [6.07, 6.45) is 6.13. The monoisotopic (exact) mass is 536 g/mol. The Hall–Kier alpha value is -3.27. The second-order valence-electron chi connectivity index (χ2n) is 12.2. The molecule has 4 heterocycles. The molecular formula is C29H31F3N6O+. The number of fused-ring (bicyclic) bond motifs is 1. The highest BCUT2D eigenvalue weighted by Crippen LogP contribution is 2.55. The molecule has 1 radical (unpaired) electrons. The van der Waals surface area contributed by atoms with Crippen molar-refractivity contribution in [3.05, 3.63) is 76.1 Å². The van der Waals surface area contributed by atoms with E-state index in [0.29, 0.717) is 29.1 Å². The van der Waals surface area contributed by atoms with E-state index in [2.05, 4.69) is 22.1 Å². The molecule has 7 nitrogen and oxygen atoms in total. The van der Waals surface area contributed by atoms with Crippen molar-refractivity contribution < 1.29 is 17.7 Å². The highest BCUT2D eigenvalue weighted by atomic mass is 19.4. The molecule has 2 aliphatic carbocycles. The highest BCUT2D eigenvalue weighted by Gasteiger charge is 2.56. The molecule has 39 heavy (non-hydrogen) atoms. The number of rotatable bonds is 5. The van der Waals surface area contributed by atoms with Crippen LogP contribution in [0, 0.1) is 17.5 Å². The van der Waals surface area contributed by atoms with E-state index in [9.17, 15) is 18.0 Å². The molecule has 2 aromatic heterocycles. The third kappa shape index (κ3) is 3.98.